The molecule has 0 amide bonds. The Kier molecular flexibility index (Phi) is 4.45. The van der Waals surface area contributed by atoms with Crippen molar-refractivity contribution in [3.63, 3.8) is 0 Å². The highest BCUT2D eigenvalue weighted by Crippen LogP contribution is 2.33. The first-order chi connectivity index (χ1) is 10.3. The maximum Gasteiger partial charge on any atom is 0.108 e. The molecule has 2 atom stereocenters. The molecule has 2 aromatic rings. The Bertz CT molecular complexity index is 570. The molecule has 3 rings (SSSR count). The fourth-order valence-corrected chi connectivity index (χ4v) is 3.34. The highest BCUT2D eigenvalue weighted by molar-refractivity contribution is 5.27. The van der Waals surface area contributed by atoms with Crippen LogP contribution < -0.4 is 5.32 Å². The number of rotatable bonds is 5. The van der Waals surface area contributed by atoms with Crippen LogP contribution in [0.25, 0.3) is 0 Å². The second kappa shape index (κ2) is 6.48. The SMILES string of the molecule is CCc1ccc(C(CC)NC2CCCc3occc32)cc1. The van der Waals surface area contributed by atoms with Crippen LogP contribution in [0.15, 0.2) is 41.0 Å². The summed E-state index contributed by atoms with van der Waals surface area (Å²) in [5, 5.41) is 3.84. The summed E-state index contributed by atoms with van der Waals surface area (Å²) in [6.45, 7) is 4.46. The number of aryl methyl sites for hydroxylation is 2. The van der Waals surface area contributed by atoms with E-state index in [1.165, 1.54) is 35.3 Å². The smallest absolute Gasteiger partial charge is 0.108 e. The number of furan rings is 1. The Morgan fingerprint density at radius 3 is 2.71 bits per heavy atom. The molecule has 2 nitrogen and oxygen atoms in total. The Hall–Kier alpha value is -1.54. The molecule has 1 aromatic heterocycles. The van der Waals surface area contributed by atoms with Crippen molar-refractivity contribution >= 4 is 0 Å². The van der Waals surface area contributed by atoms with E-state index in [1.54, 1.807) is 0 Å². The van der Waals surface area contributed by atoms with E-state index >= 15 is 0 Å². The molecular weight excluding hydrogens is 258 g/mol. The van der Waals surface area contributed by atoms with Crippen molar-refractivity contribution in [2.24, 2.45) is 0 Å². The zero-order chi connectivity index (χ0) is 14.7. The minimum atomic E-state index is 0.418. The van der Waals surface area contributed by atoms with Gasteiger partial charge in [0.2, 0.25) is 0 Å². The minimum absolute atomic E-state index is 0.418. The van der Waals surface area contributed by atoms with Gasteiger partial charge in [0.1, 0.15) is 5.76 Å². The van der Waals surface area contributed by atoms with Gasteiger partial charge in [0.25, 0.3) is 0 Å². The number of fused-ring (bicyclic) bond motifs is 1. The fraction of sp³-hybridized carbons (Fsp3) is 0.474. The van der Waals surface area contributed by atoms with Crippen molar-refractivity contribution in [2.45, 2.75) is 58.0 Å². The molecule has 1 aromatic carbocycles. The Morgan fingerprint density at radius 1 is 1.19 bits per heavy atom. The van der Waals surface area contributed by atoms with Crippen LogP contribution >= 0.6 is 0 Å². The first-order valence-electron chi connectivity index (χ1n) is 8.23. The molecule has 2 unspecified atom stereocenters. The van der Waals surface area contributed by atoms with Crippen molar-refractivity contribution in [2.75, 3.05) is 0 Å². The molecule has 0 saturated heterocycles. The van der Waals surface area contributed by atoms with Crippen molar-refractivity contribution in [3.05, 3.63) is 59.0 Å². The summed E-state index contributed by atoms with van der Waals surface area (Å²) in [7, 11) is 0. The predicted octanol–water partition coefficient (Wildman–Crippen LogP) is 4.96. The maximum absolute atomic E-state index is 5.60. The molecule has 1 N–H and O–H groups in total. The third kappa shape index (κ3) is 3.06. The standard InChI is InChI=1S/C19H25NO/c1-3-14-8-10-15(11-9-14)17(4-2)20-18-6-5-7-19-16(18)12-13-21-19/h8-13,17-18,20H,3-7H2,1-2H3. The highest BCUT2D eigenvalue weighted by Gasteiger charge is 2.24. The molecule has 0 spiro atoms. The lowest BCUT2D eigenvalue weighted by molar-refractivity contribution is 0.371. The van der Waals surface area contributed by atoms with Gasteiger partial charge in [-0.1, -0.05) is 38.1 Å². The third-order valence-corrected chi connectivity index (χ3v) is 4.65. The first-order valence-corrected chi connectivity index (χ1v) is 8.23. The summed E-state index contributed by atoms with van der Waals surface area (Å²) in [6, 6.07) is 12.1. The second-order valence-electron chi connectivity index (χ2n) is 5.97. The highest BCUT2D eigenvalue weighted by atomic mass is 16.3. The zero-order valence-corrected chi connectivity index (χ0v) is 13.1. The van der Waals surface area contributed by atoms with Crippen molar-refractivity contribution < 1.29 is 4.42 Å². The molecule has 21 heavy (non-hydrogen) atoms. The largest absolute Gasteiger partial charge is 0.469 e. The first kappa shape index (κ1) is 14.4. The van der Waals surface area contributed by atoms with E-state index in [0.29, 0.717) is 12.1 Å². The fourth-order valence-electron chi connectivity index (χ4n) is 3.34. The van der Waals surface area contributed by atoms with Crippen LogP contribution in [0.5, 0.6) is 0 Å². The topological polar surface area (TPSA) is 25.2 Å². The van der Waals surface area contributed by atoms with Crippen LogP contribution in [0, 0.1) is 0 Å². The van der Waals surface area contributed by atoms with Gasteiger partial charge in [0.05, 0.1) is 6.26 Å². The quantitative estimate of drug-likeness (QED) is 0.839. The van der Waals surface area contributed by atoms with Gasteiger partial charge in [0.15, 0.2) is 0 Å². The molecular formula is C19H25NO. The monoisotopic (exact) mass is 283 g/mol. The number of nitrogens with one attached hydrogen (secondary N) is 1. The van der Waals surface area contributed by atoms with Gasteiger partial charge >= 0.3 is 0 Å². The Balaban J connectivity index is 1.76. The van der Waals surface area contributed by atoms with Crippen LogP contribution in [-0.4, -0.2) is 0 Å². The summed E-state index contributed by atoms with van der Waals surface area (Å²) in [5.74, 6) is 1.18. The van der Waals surface area contributed by atoms with E-state index in [2.05, 4.69) is 49.5 Å². The predicted molar refractivity (Wildman–Crippen MR) is 86.4 cm³/mol. The summed E-state index contributed by atoms with van der Waals surface area (Å²) >= 11 is 0. The summed E-state index contributed by atoms with van der Waals surface area (Å²) in [5.41, 5.74) is 4.17. The minimum Gasteiger partial charge on any atom is -0.469 e. The third-order valence-electron chi connectivity index (χ3n) is 4.65. The van der Waals surface area contributed by atoms with E-state index in [4.69, 9.17) is 4.42 Å². The van der Waals surface area contributed by atoms with E-state index in [-0.39, 0.29) is 0 Å². The molecule has 1 aliphatic rings. The molecule has 0 fully saturated rings. The van der Waals surface area contributed by atoms with Crippen molar-refractivity contribution in [3.8, 4) is 0 Å². The Labute approximate surface area is 127 Å². The van der Waals surface area contributed by atoms with Gasteiger partial charge < -0.3 is 9.73 Å². The summed E-state index contributed by atoms with van der Waals surface area (Å²) < 4.78 is 5.60. The lowest BCUT2D eigenvalue weighted by Crippen LogP contribution is -2.28. The Morgan fingerprint density at radius 2 is 2.00 bits per heavy atom. The molecule has 0 bridgehead atoms. The van der Waals surface area contributed by atoms with Crippen molar-refractivity contribution in [1.29, 1.82) is 0 Å². The van der Waals surface area contributed by atoms with Gasteiger partial charge in [-0.25, -0.2) is 0 Å². The molecule has 0 radical (unpaired) electrons. The average Bonchev–Trinajstić information content (AvgIpc) is 3.02. The summed E-state index contributed by atoms with van der Waals surface area (Å²) in [6.07, 6.45) is 7.55. The molecule has 0 aliphatic heterocycles. The maximum atomic E-state index is 5.60. The zero-order valence-electron chi connectivity index (χ0n) is 13.1. The normalized spacial score (nSPS) is 19.2. The van der Waals surface area contributed by atoms with Crippen molar-refractivity contribution in [1.82, 2.24) is 5.32 Å². The lowest BCUT2D eigenvalue weighted by Gasteiger charge is -2.28. The molecule has 2 heteroatoms. The molecule has 0 saturated carbocycles. The van der Waals surface area contributed by atoms with Gasteiger partial charge in [-0.05, 0) is 42.9 Å². The van der Waals surface area contributed by atoms with Crippen LogP contribution in [0.4, 0.5) is 0 Å². The molecule has 1 aliphatic carbocycles. The lowest BCUT2D eigenvalue weighted by atomic mass is 9.91. The van der Waals surface area contributed by atoms with Crippen LogP contribution in [0.3, 0.4) is 0 Å². The second-order valence-corrected chi connectivity index (χ2v) is 5.97. The molecule has 112 valence electrons. The van der Waals surface area contributed by atoms with E-state index in [1.807, 2.05) is 6.26 Å². The van der Waals surface area contributed by atoms with E-state index in [0.717, 1.165) is 19.3 Å². The van der Waals surface area contributed by atoms with Gasteiger partial charge in [-0.3, -0.25) is 0 Å². The van der Waals surface area contributed by atoms with Crippen LogP contribution in [0.2, 0.25) is 0 Å². The molecule has 1 heterocycles. The van der Waals surface area contributed by atoms with Gasteiger partial charge in [-0.15, -0.1) is 0 Å². The van der Waals surface area contributed by atoms with E-state index < -0.39 is 0 Å². The average molecular weight is 283 g/mol. The van der Waals surface area contributed by atoms with Crippen LogP contribution in [-0.2, 0) is 12.8 Å². The van der Waals surface area contributed by atoms with Gasteiger partial charge in [-0.2, -0.15) is 0 Å². The summed E-state index contributed by atoms with van der Waals surface area (Å²) in [4.78, 5) is 0. The van der Waals surface area contributed by atoms with Gasteiger partial charge in [0, 0.05) is 24.1 Å². The van der Waals surface area contributed by atoms with Crippen LogP contribution in [0.1, 0.15) is 67.6 Å². The number of benzene rings is 1. The number of hydrogen-bond donors (Lipinski definition) is 1. The van der Waals surface area contributed by atoms with E-state index in [9.17, 15) is 0 Å². The number of hydrogen-bond acceptors (Lipinski definition) is 2.